The highest BCUT2D eigenvalue weighted by atomic mass is 32.2. The molecule has 0 unspecified atom stereocenters. The third-order valence-corrected chi connectivity index (χ3v) is 13.4. The molecule has 0 spiro atoms. The average molecular weight is 499 g/mol. The molecule has 30 heavy (non-hydrogen) atoms. The summed E-state index contributed by atoms with van der Waals surface area (Å²) in [7, 11) is 0. The Morgan fingerprint density at radius 2 is 0.467 bits per heavy atom. The fraction of sp³-hybridized carbons (Fsp3) is 0.250. The zero-order chi connectivity index (χ0) is 19.7. The smallest absolute Gasteiger partial charge is 0.0215 e. The largest absolute Gasteiger partial charge is 0.124 e. The Labute approximate surface area is 201 Å². The van der Waals surface area contributed by atoms with Crippen molar-refractivity contribution in [3.8, 4) is 0 Å². The van der Waals surface area contributed by atoms with Gasteiger partial charge in [-0.1, -0.05) is 0 Å². The van der Waals surface area contributed by atoms with E-state index in [1.807, 2.05) is 70.6 Å². The third-order valence-electron chi connectivity index (χ3n) is 5.92. The third kappa shape index (κ3) is 3.05. The molecule has 0 nitrogen and oxygen atoms in total. The molecule has 6 heteroatoms. The van der Waals surface area contributed by atoms with Crippen LogP contribution in [0.3, 0.4) is 0 Å². The summed E-state index contributed by atoms with van der Waals surface area (Å²) in [5.41, 5.74) is 0. The zero-order valence-corrected chi connectivity index (χ0v) is 21.1. The second-order valence-corrected chi connectivity index (χ2v) is 14.4. The molecular formula is C24H18S6. The highest BCUT2D eigenvalue weighted by Crippen LogP contribution is 2.49. The minimum Gasteiger partial charge on any atom is -0.124 e. The number of rotatable bonds is 0. The van der Waals surface area contributed by atoms with Crippen LogP contribution in [0.25, 0.3) is 32.3 Å². The molecule has 0 saturated heterocycles. The van der Waals surface area contributed by atoms with Gasteiger partial charge in [-0.15, -0.1) is 70.6 Å². The Bertz CT molecular complexity index is 1060. The van der Waals surface area contributed by atoms with Crippen LogP contribution in [-0.2, 0) is 0 Å². The lowest BCUT2D eigenvalue weighted by molar-refractivity contribution is 1.23. The molecule has 7 rings (SSSR count). The number of hydrogen-bond donors (Lipinski definition) is 0. The summed E-state index contributed by atoms with van der Waals surface area (Å²) in [6, 6.07) is 15.0. The van der Waals surface area contributed by atoms with Gasteiger partial charge in [0, 0.05) is 63.9 Å². The second-order valence-electron chi connectivity index (χ2n) is 7.62. The van der Waals surface area contributed by atoms with Crippen LogP contribution in [0.15, 0.2) is 65.8 Å². The van der Waals surface area contributed by atoms with Crippen molar-refractivity contribution in [2.75, 3.05) is 34.5 Å². The summed E-state index contributed by atoms with van der Waals surface area (Å²) < 4.78 is 0. The number of thioether (sulfide) groups is 6. The van der Waals surface area contributed by atoms with Gasteiger partial charge in [0.25, 0.3) is 0 Å². The van der Waals surface area contributed by atoms with Crippen molar-refractivity contribution in [3.05, 3.63) is 36.4 Å². The van der Waals surface area contributed by atoms with Gasteiger partial charge in [-0.3, -0.25) is 0 Å². The fourth-order valence-electron chi connectivity index (χ4n) is 4.60. The quantitative estimate of drug-likeness (QED) is 0.221. The lowest BCUT2D eigenvalue weighted by Gasteiger charge is -2.22. The molecule has 3 aliphatic heterocycles. The molecule has 0 aromatic heterocycles. The van der Waals surface area contributed by atoms with E-state index in [1.165, 1.54) is 96.2 Å². The standard InChI is InChI=1S/C24H18S6/c1-2-26-20-8-14-13(7-19(20)25-1)15-9-21-23(29-4-3-27-21)11-17(15)18-12-24-22(10-16(14)18)28-5-6-30-24/h7-12H,1-6H2. The van der Waals surface area contributed by atoms with E-state index in [-0.39, 0.29) is 0 Å². The molecule has 3 heterocycles. The van der Waals surface area contributed by atoms with Gasteiger partial charge < -0.3 is 0 Å². The molecule has 3 aliphatic rings. The van der Waals surface area contributed by atoms with Crippen molar-refractivity contribution in [3.63, 3.8) is 0 Å². The van der Waals surface area contributed by atoms with Gasteiger partial charge in [0.05, 0.1) is 0 Å². The summed E-state index contributed by atoms with van der Waals surface area (Å²) in [4.78, 5) is 8.84. The first kappa shape index (κ1) is 19.2. The van der Waals surface area contributed by atoms with Crippen molar-refractivity contribution < 1.29 is 0 Å². The lowest BCUT2D eigenvalue weighted by atomic mass is 9.94. The molecule has 0 amide bonds. The second kappa shape index (κ2) is 7.67. The molecular weight excluding hydrogens is 481 g/mol. The molecule has 0 radical (unpaired) electrons. The zero-order valence-electron chi connectivity index (χ0n) is 16.2. The highest BCUT2D eigenvalue weighted by molar-refractivity contribution is 8.06. The van der Waals surface area contributed by atoms with Gasteiger partial charge in [-0.25, -0.2) is 0 Å². The van der Waals surface area contributed by atoms with Crippen LogP contribution in [0.1, 0.15) is 0 Å². The Kier molecular flexibility index (Phi) is 4.92. The van der Waals surface area contributed by atoms with Crippen LogP contribution in [0.4, 0.5) is 0 Å². The Hall–Kier alpha value is -0.240. The molecule has 0 N–H and O–H groups in total. The average Bonchev–Trinajstić information content (AvgIpc) is 2.81. The van der Waals surface area contributed by atoms with Crippen molar-refractivity contribution in [2.24, 2.45) is 0 Å². The van der Waals surface area contributed by atoms with Crippen LogP contribution >= 0.6 is 70.6 Å². The summed E-state index contributed by atoms with van der Waals surface area (Å²) in [6.45, 7) is 0. The maximum Gasteiger partial charge on any atom is 0.0215 e. The van der Waals surface area contributed by atoms with Crippen molar-refractivity contribution in [1.82, 2.24) is 0 Å². The first-order chi connectivity index (χ1) is 14.8. The molecule has 0 fully saturated rings. The first-order valence-electron chi connectivity index (χ1n) is 10.2. The van der Waals surface area contributed by atoms with E-state index in [4.69, 9.17) is 0 Å². The SMILES string of the molecule is c1c2c(cc3c1c1cc4c(cc1c1cc5c(cc31)SCCS5)SCCS4)SCCS2. The monoisotopic (exact) mass is 498 g/mol. The van der Waals surface area contributed by atoms with Crippen molar-refractivity contribution >= 4 is 103 Å². The van der Waals surface area contributed by atoms with Gasteiger partial charge in [0.1, 0.15) is 0 Å². The predicted molar refractivity (Wildman–Crippen MR) is 143 cm³/mol. The van der Waals surface area contributed by atoms with E-state index >= 15 is 0 Å². The Balaban J connectivity index is 1.66. The van der Waals surface area contributed by atoms with Crippen LogP contribution in [-0.4, -0.2) is 34.5 Å². The van der Waals surface area contributed by atoms with E-state index in [0.29, 0.717) is 0 Å². The van der Waals surface area contributed by atoms with E-state index in [9.17, 15) is 0 Å². The van der Waals surface area contributed by atoms with Crippen molar-refractivity contribution in [2.45, 2.75) is 29.4 Å². The first-order valence-corrected chi connectivity index (χ1v) is 16.1. The van der Waals surface area contributed by atoms with Crippen LogP contribution < -0.4 is 0 Å². The van der Waals surface area contributed by atoms with Crippen molar-refractivity contribution in [1.29, 1.82) is 0 Å². The lowest BCUT2D eigenvalue weighted by Crippen LogP contribution is -1.98. The van der Waals surface area contributed by atoms with Gasteiger partial charge in [-0.2, -0.15) is 0 Å². The van der Waals surface area contributed by atoms with E-state index in [2.05, 4.69) is 36.4 Å². The van der Waals surface area contributed by atoms with Gasteiger partial charge in [0.2, 0.25) is 0 Å². The van der Waals surface area contributed by atoms with Crippen LogP contribution in [0, 0.1) is 0 Å². The maximum atomic E-state index is 2.50. The molecule has 0 aliphatic carbocycles. The molecule has 4 aromatic carbocycles. The number of fused-ring (bicyclic) bond motifs is 9. The van der Waals surface area contributed by atoms with Gasteiger partial charge >= 0.3 is 0 Å². The van der Waals surface area contributed by atoms with E-state index in [1.54, 1.807) is 0 Å². The molecule has 0 atom stereocenters. The molecule has 4 aromatic rings. The summed E-state index contributed by atoms with van der Waals surface area (Å²) in [6.07, 6.45) is 0. The summed E-state index contributed by atoms with van der Waals surface area (Å²) in [5, 5.41) is 8.66. The Morgan fingerprint density at radius 3 is 0.633 bits per heavy atom. The van der Waals surface area contributed by atoms with Gasteiger partial charge in [-0.05, 0) is 68.7 Å². The normalized spacial score (nSPS) is 18.4. The summed E-state index contributed by atoms with van der Waals surface area (Å²) in [5.74, 6) is 7.32. The molecule has 0 saturated carbocycles. The minimum absolute atomic E-state index is 1.22. The fourth-order valence-corrected chi connectivity index (χ4v) is 11.4. The topological polar surface area (TPSA) is 0 Å². The maximum absolute atomic E-state index is 2.50. The minimum atomic E-state index is 1.22. The van der Waals surface area contributed by atoms with Crippen LogP contribution in [0.5, 0.6) is 0 Å². The molecule has 0 bridgehead atoms. The predicted octanol–water partition coefficient (Wildman–Crippen LogP) is 8.74. The van der Waals surface area contributed by atoms with E-state index < -0.39 is 0 Å². The van der Waals surface area contributed by atoms with Crippen LogP contribution in [0.2, 0.25) is 0 Å². The summed E-state index contributed by atoms with van der Waals surface area (Å²) >= 11 is 12.2. The van der Waals surface area contributed by atoms with Gasteiger partial charge in [0.15, 0.2) is 0 Å². The highest BCUT2D eigenvalue weighted by Gasteiger charge is 2.21. The molecule has 150 valence electrons. The van der Waals surface area contributed by atoms with E-state index in [0.717, 1.165) is 0 Å². The Morgan fingerprint density at radius 1 is 0.300 bits per heavy atom. The number of benzene rings is 4. The number of hydrogen-bond acceptors (Lipinski definition) is 6.